The maximum atomic E-state index is 10.2. The Hall–Kier alpha value is -3.24. The molecule has 1 unspecified atom stereocenters. The normalized spacial score (nSPS) is 21.5. The van der Waals surface area contributed by atoms with Gasteiger partial charge in [-0.1, -0.05) is 43.3 Å². The maximum Gasteiger partial charge on any atom is 0.150 e. The molecule has 33 heavy (non-hydrogen) atoms. The van der Waals surface area contributed by atoms with Gasteiger partial charge in [0.2, 0.25) is 0 Å². The van der Waals surface area contributed by atoms with Gasteiger partial charge in [-0.3, -0.25) is 0 Å². The zero-order chi connectivity index (χ0) is 28.1. The van der Waals surface area contributed by atoms with E-state index in [4.69, 9.17) is 13.0 Å². The molecule has 0 amide bonds. The number of phenols is 2. The van der Waals surface area contributed by atoms with E-state index in [-0.39, 0.29) is 52.1 Å². The minimum atomic E-state index is -2.65. The number of hydrogen-bond acceptors (Lipinski definition) is 4. The Morgan fingerprint density at radius 1 is 1.03 bits per heavy atom. The van der Waals surface area contributed by atoms with Crippen molar-refractivity contribution in [3.63, 3.8) is 0 Å². The maximum absolute atomic E-state index is 10.2. The predicted octanol–water partition coefficient (Wildman–Crippen LogP) is 6.05. The van der Waals surface area contributed by atoms with Crippen molar-refractivity contribution in [3.05, 3.63) is 88.9 Å². The Morgan fingerprint density at radius 3 is 2.48 bits per heavy atom. The van der Waals surface area contributed by atoms with Gasteiger partial charge in [-0.15, -0.1) is 0 Å². The number of likely N-dealkylation sites (tertiary alicyclic amines) is 1. The number of rotatable bonds is 6. The van der Waals surface area contributed by atoms with Crippen molar-refractivity contribution in [2.75, 3.05) is 19.6 Å². The first-order chi connectivity index (χ1) is 18.5. The van der Waals surface area contributed by atoms with Gasteiger partial charge < -0.3 is 19.8 Å². The number of allylic oxidation sites excluding steroid dienone is 1. The van der Waals surface area contributed by atoms with Gasteiger partial charge in [-0.25, -0.2) is 0 Å². The van der Waals surface area contributed by atoms with Gasteiger partial charge in [-0.05, 0) is 78.7 Å². The molecule has 4 nitrogen and oxygen atoms in total. The number of benzene rings is 3. The molecular weight excluding hydrogens is 410 g/mol. The van der Waals surface area contributed by atoms with Gasteiger partial charge in [0.1, 0.15) is 23.4 Å². The molecular formula is C29H31NO3. The fraction of sp³-hybridized carbons (Fsp3) is 0.310. The van der Waals surface area contributed by atoms with Crippen LogP contribution in [-0.4, -0.2) is 34.7 Å². The Morgan fingerprint density at radius 2 is 1.79 bits per heavy atom. The lowest BCUT2D eigenvalue weighted by Gasteiger charge is -2.39. The topological polar surface area (TPSA) is 52.9 Å². The first-order valence-electron chi connectivity index (χ1n) is 14.3. The van der Waals surface area contributed by atoms with E-state index < -0.39 is 13.0 Å². The lowest BCUT2D eigenvalue weighted by Crippen LogP contribution is -2.47. The minimum absolute atomic E-state index is 0.00861. The second kappa shape index (κ2) is 8.95. The van der Waals surface area contributed by atoms with Crippen molar-refractivity contribution in [2.24, 2.45) is 5.92 Å². The molecule has 2 aliphatic rings. The second-order valence-electron chi connectivity index (χ2n) is 8.82. The average Bonchev–Trinajstić information content (AvgIpc) is 2.83. The average molecular weight is 448 g/mol. The number of aromatic hydroxyl groups is 2. The Kier molecular flexibility index (Phi) is 4.22. The van der Waals surface area contributed by atoms with Crippen LogP contribution in [0.1, 0.15) is 56.8 Å². The van der Waals surface area contributed by atoms with E-state index in [0.717, 1.165) is 26.1 Å². The van der Waals surface area contributed by atoms with Crippen LogP contribution >= 0.6 is 0 Å². The standard InChI is InChI=1S/C29H31NO3/c1-3-14-30-17-21(18-30)15-20-4-6-23(7-5-20)29-28(22-8-10-24(31)11-9-22)19(2)26-13-12-25(32)16-27(26)33-29/h4-13,16,21,29,31-32H,3,14-15,17-18H2,1-2H3/i2D3,4D,5D,13D. The van der Waals surface area contributed by atoms with Crippen molar-refractivity contribution in [2.45, 2.75) is 32.7 Å². The van der Waals surface area contributed by atoms with E-state index >= 15 is 0 Å². The first-order valence-corrected chi connectivity index (χ1v) is 11.3. The van der Waals surface area contributed by atoms with E-state index in [0.29, 0.717) is 29.0 Å². The van der Waals surface area contributed by atoms with E-state index in [1.165, 1.54) is 24.3 Å². The van der Waals surface area contributed by atoms with Crippen LogP contribution in [0.3, 0.4) is 0 Å². The highest BCUT2D eigenvalue weighted by molar-refractivity contribution is 5.95. The zero-order valence-electron chi connectivity index (χ0n) is 24.6. The summed E-state index contributed by atoms with van der Waals surface area (Å²) in [4.78, 5) is 2.36. The largest absolute Gasteiger partial charge is 0.508 e. The summed E-state index contributed by atoms with van der Waals surface area (Å²) in [5, 5.41) is 20.0. The van der Waals surface area contributed by atoms with E-state index in [2.05, 4.69) is 11.8 Å². The van der Waals surface area contributed by atoms with Crippen molar-refractivity contribution in [3.8, 4) is 17.2 Å². The molecule has 0 bridgehead atoms. The van der Waals surface area contributed by atoms with Crippen LogP contribution in [-0.2, 0) is 6.42 Å². The third-order valence-electron chi connectivity index (χ3n) is 6.29. The van der Waals surface area contributed by atoms with Crippen LogP contribution < -0.4 is 4.74 Å². The highest BCUT2D eigenvalue weighted by Crippen LogP contribution is 2.47. The zero-order valence-corrected chi connectivity index (χ0v) is 18.6. The molecule has 0 spiro atoms. The molecule has 4 heteroatoms. The fourth-order valence-electron chi connectivity index (χ4n) is 4.66. The summed E-state index contributed by atoms with van der Waals surface area (Å²) < 4.78 is 57.5. The number of hydrogen-bond donors (Lipinski definition) is 2. The van der Waals surface area contributed by atoms with Gasteiger partial charge in [0.05, 0.1) is 4.11 Å². The molecule has 3 aromatic carbocycles. The van der Waals surface area contributed by atoms with Crippen molar-refractivity contribution >= 4 is 11.1 Å². The summed E-state index contributed by atoms with van der Waals surface area (Å²) in [6.07, 6.45) is 0.696. The number of fused-ring (bicyclic) bond motifs is 1. The van der Waals surface area contributed by atoms with E-state index in [1.807, 2.05) is 0 Å². The molecule has 2 aliphatic heterocycles. The van der Waals surface area contributed by atoms with Crippen LogP contribution in [0.4, 0.5) is 0 Å². The van der Waals surface area contributed by atoms with Gasteiger partial charge in [0, 0.05) is 34.4 Å². The smallest absolute Gasteiger partial charge is 0.150 e. The third kappa shape index (κ3) is 4.36. The summed E-state index contributed by atoms with van der Waals surface area (Å²) in [5.41, 5.74) is 1.77. The molecule has 3 aromatic rings. The number of ether oxygens (including phenoxy) is 1. The lowest BCUT2D eigenvalue weighted by molar-refractivity contribution is 0.101. The minimum Gasteiger partial charge on any atom is -0.508 e. The predicted molar refractivity (Wildman–Crippen MR) is 132 cm³/mol. The molecule has 0 aliphatic carbocycles. The molecule has 0 radical (unpaired) electrons. The third-order valence-corrected chi connectivity index (χ3v) is 6.29. The molecule has 0 saturated carbocycles. The number of phenolic OH excluding ortho intramolecular Hbond substituents is 2. The Bertz CT molecular complexity index is 1410. The van der Waals surface area contributed by atoms with Crippen LogP contribution in [0.5, 0.6) is 17.2 Å². The van der Waals surface area contributed by atoms with Crippen LogP contribution in [0, 0.1) is 5.92 Å². The Labute approximate surface area is 204 Å². The fourth-order valence-corrected chi connectivity index (χ4v) is 4.66. The molecule has 2 N–H and O–H groups in total. The monoisotopic (exact) mass is 447 g/mol. The quantitative estimate of drug-likeness (QED) is 0.483. The first kappa shape index (κ1) is 15.6. The number of nitrogens with zero attached hydrogens (tertiary/aromatic N) is 1. The summed E-state index contributed by atoms with van der Waals surface area (Å²) in [7, 11) is 0. The van der Waals surface area contributed by atoms with Gasteiger partial charge in [0.15, 0.2) is 0 Å². The van der Waals surface area contributed by atoms with E-state index in [9.17, 15) is 10.2 Å². The molecule has 170 valence electrons. The summed E-state index contributed by atoms with van der Waals surface area (Å²) in [6.45, 7) is 2.44. The highest BCUT2D eigenvalue weighted by atomic mass is 16.5. The van der Waals surface area contributed by atoms with Crippen molar-refractivity contribution < 1.29 is 23.2 Å². The molecule has 0 aromatic heterocycles. The van der Waals surface area contributed by atoms with Crippen molar-refractivity contribution in [1.29, 1.82) is 0 Å². The van der Waals surface area contributed by atoms with Gasteiger partial charge in [0.25, 0.3) is 0 Å². The lowest BCUT2D eigenvalue weighted by atomic mass is 9.85. The van der Waals surface area contributed by atoms with Crippen LogP contribution in [0.15, 0.2) is 66.7 Å². The highest BCUT2D eigenvalue weighted by Gasteiger charge is 2.30. The SMILES string of the molecule is [2H]c1cc(C2Oc3cc(O)cc([2H])c3C(C([2H])([2H])[2H])=C2c2ccc(O)cc2)cc([2H])c1CC1CN(CCC)C1. The molecule has 1 atom stereocenters. The van der Waals surface area contributed by atoms with Crippen LogP contribution in [0.2, 0.25) is 0 Å². The van der Waals surface area contributed by atoms with E-state index in [1.54, 1.807) is 24.3 Å². The molecule has 1 saturated heterocycles. The van der Waals surface area contributed by atoms with Crippen molar-refractivity contribution in [1.82, 2.24) is 4.90 Å². The summed E-state index contributed by atoms with van der Waals surface area (Å²) >= 11 is 0. The second-order valence-corrected chi connectivity index (χ2v) is 8.82. The van der Waals surface area contributed by atoms with Gasteiger partial charge in [-0.2, -0.15) is 0 Å². The molecule has 1 fully saturated rings. The van der Waals surface area contributed by atoms with Crippen LogP contribution in [0.25, 0.3) is 11.1 Å². The summed E-state index contributed by atoms with van der Waals surface area (Å²) in [5.74, 6) is 0.216. The Balaban J connectivity index is 1.63. The molecule has 2 heterocycles. The van der Waals surface area contributed by atoms with Gasteiger partial charge >= 0.3 is 0 Å². The summed E-state index contributed by atoms with van der Waals surface area (Å²) in [6, 6.07) is 11.9. The molecule has 5 rings (SSSR count).